The minimum absolute atomic E-state index is 0.155. The predicted molar refractivity (Wildman–Crippen MR) is 93.2 cm³/mol. The highest BCUT2D eigenvalue weighted by Crippen LogP contribution is 2.26. The number of nitrogen functional groups attached to an aromatic ring is 1. The number of fused-ring (bicyclic) bond motifs is 1. The lowest BCUT2D eigenvalue weighted by molar-refractivity contribution is 0.316. The lowest BCUT2D eigenvalue weighted by Crippen LogP contribution is -2.32. The van der Waals surface area contributed by atoms with Gasteiger partial charge in [0.1, 0.15) is 4.90 Å². The Kier molecular flexibility index (Phi) is 3.89. The fourth-order valence-electron chi connectivity index (χ4n) is 2.80. The molecule has 1 fully saturated rings. The van der Waals surface area contributed by atoms with Crippen molar-refractivity contribution in [3.05, 3.63) is 36.8 Å². The molecule has 3 aromatic rings. The molecule has 0 amide bonds. The van der Waals surface area contributed by atoms with Crippen molar-refractivity contribution < 1.29 is 8.42 Å². The fraction of sp³-hybridized carbons (Fsp3) is 0.312. The number of rotatable bonds is 5. The first-order chi connectivity index (χ1) is 12.0. The van der Waals surface area contributed by atoms with E-state index < -0.39 is 10.0 Å². The molecule has 25 heavy (non-hydrogen) atoms. The zero-order valence-corrected chi connectivity index (χ0v) is 14.3. The third-order valence-corrected chi connectivity index (χ3v) is 5.88. The highest BCUT2D eigenvalue weighted by Gasteiger charge is 2.21. The van der Waals surface area contributed by atoms with Crippen LogP contribution in [0.4, 0.5) is 5.95 Å². The van der Waals surface area contributed by atoms with Gasteiger partial charge >= 0.3 is 0 Å². The van der Waals surface area contributed by atoms with Gasteiger partial charge < -0.3 is 5.73 Å². The van der Waals surface area contributed by atoms with Crippen LogP contribution in [0.15, 0.2) is 41.7 Å². The van der Waals surface area contributed by atoms with Crippen LogP contribution >= 0.6 is 0 Å². The molecule has 0 atom stereocenters. The van der Waals surface area contributed by atoms with E-state index in [1.165, 1.54) is 12.6 Å². The topological polar surface area (TPSA) is 115 Å². The molecule has 0 radical (unpaired) electrons. The highest BCUT2D eigenvalue weighted by atomic mass is 32.2. The molecule has 8 nitrogen and oxygen atoms in total. The van der Waals surface area contributed by atoms with Crippen LogP contribution in [0, 0.1) is 5.92 Å². The van der Waals surface area contributed by atoms with Gasteiger partial charge in [0.2, 0.25) is 16.0 Å². The number of anilines is 1. The van der Waals surface area contributed by atoms with Gasteiger partial charge in [-0.15, -0.1) is 5.10 Å². The van der Waals surface area contributed by atoms with E-state index in [0.29, 0.717) is 23.7 Å². The fourth-order valence-corrected chi connectivity index (χ4v) is 3.91. The van der Waals surface area contributed by atoms with E-state index in [1.807, 2.05) is 6.07 Å². The Morgan fingerprint density at radius 1 is 1.24 bits per heavy atom. The summed E-state index contributed by atoms with van der Waals surface area (Å²) < 4.78 is 29.2. The molecule has 0 aliphatic heterocycles. The standard InChI is InChI=1S/C16H18N6O2S/c17-16-20-15-5-4-12(10-22(15)21-16)13-6-14(9-18-8-13)25(23,24)19-7-11-2-1-3-11/h4-6,8-11,19H,1-3,7H2,(H2,17,21). The van der Waals surface area contributed by atoms with Crippen LogP contribution in [0.5, 0.6) is 0 Å². The van der Waals surface area contributed by atoms with Gasteiger partial charge in [0.15, 0.2) is 5.65 Å². The molecule has 3 N–H and O–H groups in total. The van der Waals surface area contributed by atoms with Crippen molar-refractivity contribution in [2.24, 2.45) is 5.92 Å². The maximum Gasteiger partial charge on any atom is 0.242 e. The van der Waals surface area contributed by atoms with Gasteiger partial charge in [-0.05, 0) is 37.0 Å². The number of nitrogens with zero attached hydrogens (tertiary/aromatic N) is 4. The van der Waals surface area contributed by atoms with E-state index >= 15 is 0 Å². The SMILES string of the molecule is Nc1nc2ccc(-c3cncc(S(=O)(=O)NCC4CCC4)c3)cn2n1. The van der Waals surface area contributed by atoms with E-state index in [0.717, 1.165) is 18.4 Å². The first-order valence-electron chi connectivity index (χ1n) is 8.08. The van der Waals surface area contributed by atoms with Crippen molar-refractivity contribution in [1.29, 1.82) is 0 Å². The summed E-state index contributed by atoms with van der Waals surface area (Å²) in [6.07, 6.45) is 8.07. The van der Waals surface area contributed by atoms with Crippen LogP contribution in [0.25, 0.3) is 16.8 Å². The third-order valence-electron chi connectivity index (χ3n) is 4.49. The Labute approximate surface area is 145 Å². The summed E-state index contributed by atoms with van der Waals surface area (Å²) >= 11 is 0. The Balaban J connectivity index is 1.63. The zero-order valence-electron chi connectivity index (χ0n) is 13.5. The number of aromatic nitrogens is 4. The molecule has 9 heteroatoms. The molecule has 0 spiro atoms. The molecule has 0 aromatic carbocycles. The Hall–Kier alpha value is -2.52. The van der Waals surface area contributed by atoms with Crippen molar-refractivity contribution >= 4 is 21.6 Å². The van der Waals surface area contributed by atoms with E-state index in [4.69, 9.17) is 5.73 Å². The number of hydrogen-bond acceptors (Lipinski definition) is 6. The van der Waals surface area contributed by atoms with Crippen LogP contribution < -0.4 is 10.5 Å². The van der Waals surface area contributed by atoms with Crippen molar-refractivity contribution in [1.82, 2.24) is 24.3 Å². The third kappa shape index (κ3) is 3.20. The monoisotopic (exact) mass is 358 g/mol. The molecule has 130 valence electrons. The lowest BCUT2D eigenvalue weighted by atomic mass is 9.86. The number of pyridine rings is 2. The van der Waals surface area contributed by atoms with Crippen LogP contribution in [-0.2, 0) is 10.0 Å². The lowest BCUT2D eigenvalue weighted by Gasteiger charge is -2.25. The van der Waals surface area contributed by atoms with E-state index in [1.54, 1.807) is 29.0 Å². The van der Waals surface area contributed by atoms with Gasteiger partial charge in [-0.25, -0.2) is 17.7 Å². The predicted octanol–water partition coefficient (Wildman–Crippen LogP) is 1.45. The van der Waals surface area contributed by atoms with Gasteiger partial charge in [-0.1, -0.05) is 6.42 Å². The maximum atomic E-state index is 12.5. The first kappa shape index (κ1) is 16.0. The largest absolute Gasteiger partial charge is 0.366 e. The average molecular weight is 358 g/mol. The molecular weight excluding hydrogens is 340 g/mol. The summed E-state index contributed by atoms with van der Waals surface area (Å²) in [6, 6.07) is 5.21. The van der Waals surface area contributed by atoms with Gasteiger partial charge in [-0.2, -0.15) is 4.98 Å². The second-order valence-electron chi connectivity index (χ2n) is 6.25. The molecule has 1 saturated carbocycles. The zero-order chi connectivity index (χ0) is 17.4. The second kappa shape index (κ2) is 6.08. The summed E-state index contributed by atoms with van der Waals surface area (Å²) in [5.74, 6) is 0.637. The van der Waals surface area contributed by atoms with Crippen molar-refractivity contribution in [2.45, 2.75) is 24.2 Å². The summed E-state index contributed by atoms with van der Waals surface area (Å²) in [7, 11) is -3.57. The number of sulfonamides is 1. The smallest absolute Gasteiger partial charge is 0.242 e. The molecule has 0 saturated heterocycles. The van der Waals surface area contributed by atoms with Gasteiger partial charge in [0.25, 0.3) is 0 Å². The molecule has 1 aliphatic carbocycles. The Morgan fingerprint density at radius 2 is 2.08 bits per heavy atom. The number of hydrogen-bond donors (Lipinski definition) is 2. The molecule has 4 rings (SSSR count). The minimum atomic E-state index is -3.57. The van der Waals surface area contributed by atoms with Crippen molar-refractivity contribution in [3.8, 4) is 11.1 Å². The average Bonchev–Trinajstić information content (AvgIpc) is 2.92. The van der Waals surface area contributed by atoms with Gasteiger partial charge in [-0.3, -0.25) is 4.98 Å². The molecule has 0 bridgehead atoms. The first-order valence-corrected chi connectivity index (χ1v) is 9.56. The summed E-state index contributed by atoms with van der Waals surface area (Å²) in [5.41, 5.74) is 7.68. The van der Waals surface area contributed by atoms with Gasteiger partial charge in [0.05, 0.1) is 0 Å². The highest BCUT2D eigenvalue weighted by molar-refractivity contribution is 7.89. The Morgan fingerprint density at radius 3 is 2.84 bits per heavy atom. The summed E-state index contributed by atoms with van der Waals surface area (Å²) in [5, 5.41) is 4.07. The molecule has 3 heterocycles. The number of nitrogens with two attached hydrogens (primary N) is 1. The van der Waals surface area contributed by atoms with Crippen molar-refractivity contribution in [2.75, 3.05) is 12.3 Å². The van der Waals surface area contributed by atoms with E-state index in [-0.39, 0.29) is 10.8 Å². The van der Waals surface area contributed by atoms with Gasteiger partial charge in [0, 0.05) is 36.3 Å². The molecule has 0 unspecified atom stereocenters. The minimum Gasteiger partial charge on any atom is -0.366 e. The number of nitrogens with one attached hydrogen (secondary N) is 1. The van der Waals surface area contributed by atoms with Crippen molar-refractivity contribution in [3.63, 3.8) is 0 Å². The molecule has 3 aromatic heterocycles. The van der Waals surface area contributed by atoms with Crippen LogP contribution in [0.2, 0.25) is 0 Å². The van der Waals surface area contributed by atoms with E-state index in [2.05, 4.69) is 19.8 Å². The maximum absolute atomic E-state index is 12.5. The van der Waals surface area contributed by atoms with E-state index in [9.17, 15) is 8.42 Å². The summed E-state index contributed by atoms with van der Waals surface area (Å²) in [4.78, 5) is 8.31. The van der Waals surface area contributed by atoms with Crippen LogP contribution in [-0.4, -0.2) is 34.5 Å². The molecule has 1 aliphatic rings. The molecular formula is C16H18N6O2S. The van der Waals surface area contributed by atoms with Crippen LogP contribution in [0.1, 0.15) is 19.3 Å². The summed E-state index contributed by atoms with van der Waals surface area (Å²) in [6.45, 7) is 0.483. The second-order valence-corrected chi connectivity index (χ2v) is 8.02. The Bertz CT molecular complexity index is 1030. The quantitative estimate of drug-likeness (QED) is 0.713. The van der Waals surface area contributed by atoms with Crippen LogP contribution in [0.3, 0.4) is 0 Å². The normalized spacial score (nSPS) is 15.4.